The van der Waals surface area contributed by atoms with Gasteiger partial charge < -0.3 is 16.3 Å². The highest BCUT2D eigenvalue weighted by molar-refractivity contribution is 9.10. The van der Waals surface area contributed by atoms with Gasteiger partial charge in [-0.2, -0.15) is 0 Å². The van der Waals surface area contributed by atoms with Crippen LogP contribution in [0.15, 0.2) is 52.1 Å². The van der Waals surface area contributed by atoms with E-state index in [1.54, 1.807) is 24.3 Å². The molecule has 0 bridgehead atoms. The third kappa shape index (κ3) is 3.61. The maximum atomic E-state index is 12.1. The van der Waals surface area contributed by atoms with Crippen molar-refractivity contribution in [3.63, 3.8) is 0 Å². The highest BCUT2D eigenvalue weighted by Crippen LogP contribution is 2.20. The summed E-state index contributed by atoms with van der Waals surface area (Å²) in [6, 6.07) is 12.1. The lowest BCUT2D eigenvalue weighted by atomic mass is 10.1. The molecule has 2 rings (SSSR count). The topological polar surface area (TPSA) is 87.7 Å². The molecule has 2 aromatic carbocycles. The number of hydrogen-bond donors (Lipinski definition) is 3. The van der Waals surface area contributed by atoms with Crippen LogP contribution in [0.25, 0.3) is 0 Å². The molecule has 6 heteroatoms. The molecule has 0 saturated carbocycles. The standard InChI is InChI=1S/C15H14BrN3O2/c1-9-8-12(6-7-13(9)16)18-15(20)11-4-2-10(3-5-11)14(17)19-21/h2-8,21H,1H3,(H2,17,19)(H,18,20). The molecule has 0 radical (unpaired) electrons. The lowest BCUT2D eigenvalue weighted by Crippen LogP contribution is -2.15. The Kier molecular flexibility index (Phi) is 4.59. The number of nitrogens with two attached hydrogens (primary N) is 1. The van der Waals surface area contributed by atoms with Gasteiger partial charge in [-0.15, -0.1) is 0 Å². The Balaban J connectivity index is 2.14. The number of amidine groups is 1. The Morgan fingerprint density at radius 2 is 1.81 bits per heavy atom. The van der Waals surface area contributed by atoms with E-state index < -0.39 is 0 Å². The van der Waals surface area contributed by atoms with E-state index in [0.717, 1.165) is 15.7 Å². The number of carbonyl (C=O) groups is 1. The number of anilines is 1. The lowest BCUT2D eigenvalue weighted by Gasteiger charge is -2.07. The average molecular weight is 348 g/mol. The molecular weight excluding hydrogens is 334 g/mol. The molecule has 0 saturated heterocycles. The third-order valence-electron chi connectivity index (χ3n) is 2.97. The first-order chi connectivity index (χ1) is 10.0. The van der Waals surface area contributed by atoms with Gasteiger partial charge in [-0.25, -0.2) is 0 Å². The molecule has 0 aromatic heterocycles. The van der Waals surface area contributed by atoms with Gasteiger partial charge in [-0.1, -0.05) is 33.2 Å². The van der Waals surface area contributed by atoms with Gasteiger partial charge >= 0.3 is 0 Å². The molecule has 0 aliphatic rings. The van der Waals surface area contributed by atoms with Gasteiger partial charge in [0.05, 0.1) is 0 Å². The molecule has 5 nitrogen and oxygen atoms in total. The zero-order valence-electron chi connectivity index (χ0n) is 11.3. The van der Waals surface area contributed by atoms with Crippen LogP contribution in [0, 0.1) is 6.92 Å². The molecule has 0 unspecified atom stereocenters. The monoisotopic (exact) mass is 347 g/mol. The van der Waals surface area contributed by atoms with Crippen molar-refractivity contribution in [3.05, 3.63) is 63.6 Å². The van der Waals surface area contributed by atoms with Crippen molar-refractivity contribution in [2.75, 3.05) is 5.32 Å². The van der Waals surface area contributed by atoms with Crippen LogP contribution >= 0.6 is 15.9 Å². The van der Waals surface area contributed by atoms with Crippen LogP contribution < -0.4 is 11.1 Å². The molecule has 1 amide bonds. The zero-order valence-corrected chi connectivity index (χ0v) is 12.9. The summed E-state index contributed by atoms with van der Waals surface area (Å²) in [5.74, 6) is -0.215. The summed E-state index contributed by atoms with van der Waals surface area (Å²) < 4.78 is 0.989. The Morgan fingerprint density at radius 3 is 2.38 bits per heavy atom. The van der Waals surface area contributed by atoms with Crippen molar-refractivity contribution in [3.8, 4) is 0 Å². The Morgan fingerprint density at radius 1 is 1.19 bits per heavy atom. The normalized spacial score (nSPS) is 11.2. The minimum Gasteiger partial charge on any atom is -0.409 e. The Labute approximate surface area is 130 Å². The van der Waals surface area contributed by atoms with Gasteiger partial charge in [0.2, 0.25) is 0 Å². The number of oxime groups is 1. The van der Waals surface area contributed by atoms with Crippen LogP contribution in [0.1, 0.15) is 21.5 Å². The summed E-state index contributed by atoms with van der Waals surface area (Å²) in [6.45, 7) is 1.95. The summed E-state index contributed by atoms with van der Waals surface area (Å²) in [5.41, 5.74) is 8.27. The summed E-state index contributed by atoms with van der Waals surface area (Å²) in [6.07, 6.45) is 0. The quantitative estimate of drug-likeness (QED) is 0.345. The number of hydrogen-bond acceptors (Lipinski definition) is 3. The van der Waals surface area contributed by atoms with Crippen LogP contribution in [-0.4, -0.2) is 17.0 Å². The van der Waals surface area contributed by atoms with E-state index in [9.17, 15) is 4.79 Å². The van der Waals surface area contributed by atoms with Gasteiger partial charge in [0.15, 0.2) is 5.84 Å². The summed E-state index contributed by atoms with van der Waals surface area (Å²) in [5, 5.41) is 14.3. The van der Waals surface area contributed by atoms with E-state index in [1.165, 1.54) is 0 Å². The zero-order chi connectivity index (χ0) is 15.4. The lowest BCUT2D eigenvalue weighted by molar-refractivity contribution is 0.102. The first-order valence-corrected chi connectivity index (χ1v) is 6.96. The van der Waals surface area contributed by atoms with Crippen LogP contribution in [0.4, 0.5) is 5.69 Å². The second-order valence-electron chi connectivity index (χ2n) is 4.48. The number of carbonyl (C=O) groups excluding carboxylic acids is 1. The van der Waals surface area contributed by atoms with Crippen molar-refractivity contribution in [1.29, 1.82) is 0 Å². The van der Waals surface area contributed by atoms with E-state index in [2.05, 4.69) is 26.4 Å². The number of aryl methyl sites for hydroxylation is 1. The van der Waals surface area contributed by atoms with Crippen molar-refractivity contribution in [2.45, 2.75) is 6.92 Å². The van der Waals surface area contributed by atoms with Crippen molar-refractivity contribution in [2.24, 2.45) is 10.9 Å². The van der Waals surface area contributed by atoms with E-state index in [0.29, 0.717) is 11.1 Å². The number of amides is 1. The Hall–Kier alpha value is -2.34. The maximum Gasteiger partial charge on any atom is 0.255 e. The molecule has 0 aliphatic carbocycles. The summed E-state index contributed by atoms with van der Waals surface area (Å²) >= 11 is 3.41. The molecule has 21 heavy (non-hydrogen) atoms. The van der Waals surface area contributed by atoms with Gasteiger partial charge in [-0.05, 0) is 42.8 Å². The van der Waals surface area contributed by atoms with Gasteiger partial charge in [0.25, 0.3) is 5.91 Å². The van der Waals surface area contributed by atoms with Crippen LogP contribution in [0.5, 0.6) is 0 Å². The van der Waals surface area contributed by atoms with Crippen molar-refractivity contribution in [1.82, 2.24) is 0 Å². The number of nitrogens with one attached hydrogen (secondary N) is 1. The molecule has 4 N–H and O–H groups in total. The number of halogens is 1. The van der Waals surface area contributed by atoms with E-state index in [1.807, 2.05) is 25.1 Å². The maximum absolute atomic E-state index is 12.1. The molecule has 0 atom stereocenters. The smallest absolute Gasteiger partial charge is 0.255 e. The molecule has 2 aromatic rings. The van der Waals surface area contributed by atoms with Crippen LogP contribution in [-0.2, 0) is 0 Å². The molecule has 108 valence electrons. The fourth-order valence-electron chi connectivity index (χ4n) is 1.78. The van der Waals surface area contributed by atoms with E-state index in [4.69, 9.17) is 10.9 Å². The molecular formula is C15H14BrN3O2. The summed E-state index contributed by atoms with van der Waals surface area (Å²) in [4.78, 5) is 12.1. The van der Waals surface area contributed by atoms with Crippen LogP contribution in [0.2, 0.25) is 0 Å². The van der Waals surface area contributed by atoms with Gasteiger partial charge in [-0.3, -0.25) is 4.79 Å². The fraction of sp³-hybridized carbons (Fsp3) is 0.0667. The van der Waals surface area contributed by atoms with Crippen molar-refractivity contribution < 1.29 is 10.0 Å². The number of nitrogens with zero attached hydrogens (tertiary/aromatic N) is 1. The SMILES string of the molecule is Cc1cc(NC(=O)c2ccc(/C(N)=N/O)cc2)ccc1Br. The van der Waals surface area contributed by atoms with E-state index >= 15 is 0 Å². The summed E-state index contributed by atoms with van der Waals surface area (Å²) in [7, 11) is 0. The predicted octanol–water partition coefficient (Wildman–Crippen LogP) is 3.10. The predicted molar refractivity (Wildman–Crippen MR) is 85.8 cm³/mol. The largest absolute Gasteiger partial charge is 0.409 e. The highest BCUT2D eigenvalue weighted by Gasteiger charge is 2.08. The van der Waals surface area contributed by atoms with Gasteiger partial charge in [0, 0.05) is 21.3 Å². The second-order valence-corrected chi connectivity index (χ2v) is 5.34. The highest BCUT2D eigenvalue weighted by atomic mass is 79.9. The Bertz CT molecular complexity index is 697. The minimum absolute atomic E-state index is 0.00509. The number of rotatable bonds is 3. The first-order valence-electron chi connectivity index (χ1n) is 6.16. The van der Waals surface area contributed by atoms with Crippen LogP contribution in [0.3, 0.4) is 0 Å². The van der Waals surface area contributed by atoms with Gasteiger partial charge in [0.1, 0.15) is 0 Å². The fourth-order valence-corrected chi connectivity index (χ4v) is 2.02. The van der Waals surface area contributed by atoms with Crippen molar-refractivity contribution >= 4 is 33.4 Å². The molecule has 0 aliphatic heterocycles. The molecule has 0 spiro atoms. The average Bonchev–Trinajstić information content (AvgIpc) is 2.50. The minimum atomic E-state index is -0.220. The third-order valence-corrected chi connectivity index (χ3v) is 3.86. The molecule has 0 heterocycles. The number of benzene rings is 2. The van der Waals surface area contributed by atoms with E-state index in [-0.39, 0.29) is 11.7 Å². The first kappa shape index (κ1) is 15.1. The molecule has 0 fully saturated rings. The second kappa shape index (κ2) is 6.41.